The molecule has 0 unspecified atom stereocenters. The quantitative estimate of drug-likeness (QED) is 0.355. The van der Waals surface area contributed by atoms with E-state index in [-0.39, 0.29) is 11.7 Å². The van der Waals surface area contributed by atoms with Gasteiger partial charge in [-0.25, -0.2) is 14.4 Å². The summed E-state index contributed by atoms with van der Waals surface area (Å²) in [5.41, 5.74) is 2.08. The molecule has 1 aliphatic carbocycles. The Balaban J connectivity index is 1.40. The second-order valence-electron chi connectivity index (χ2n) is 6.57. The first-order valence-corrected chi connectivity index (χ1v) is 10.9. The Bertz CT molecular complexity index is 1020. The van der Waals surface area contributed by atoms with Crippen LogP contribution >= 0.6 is 23.1 Å². The van der Waals surface area contributed by atoms with Crippen LogP contribution in [0.1, 0.15) is 32.1 Å². The highest BCUT2D eigenvalue weighted by Gasteiger charge is 2.15. The standard InChI is InChI=1S/C20H20FN3OS2/c21-14-7-4-8-15-17(14)18-19(27-15)20(24-12-23-18)26-11-16(25)22-10-9-13-5-2-1-3-6-13/h4-5,7-8,12H,1-3,6,9-11H2,(H,22,25). The number of fused-ring (bicyclic) bond motifs is 3. The summed E-state index contributed by atoms with van der Waals surface area (Å²) in [6.45, 7) is 0.679. The second kappa shape index (κ2) is 8.35. The van der Waals surface area contributed by atoms with Crippen LogP contribution in [0.4, 0.5) is 4.39 Å². The van der Waals surface area contributed by atoms with Gasteiger partial charge in [0, 0.05) is 11.2 Å². The van der Waals surface area contributed by atoms with Gasteiger partial charge in [0.1, 0.15) is 17.2 Å². The molecule has 0 spiro atoms. The van der Waals surface area contributed by atoms with Crippen LogP contribution in [0, 0.1) is 5.82 Å². The molecule has 0 atom stereocenters. The number of aromatic nitrogens is 2. The predicted molar refractivity (Wildman–Crippen MR) is 110 cm³/mol. The lowest BCUT2D eigenvalue weighted by atomic mass is 9.97. The molecular formula is C20H20FN3OS2. The van der Waals surface area contributed by atoms with Gasteiger partial charge in [0.15, 0.2) is 0 Å². The number of carbonyl (C=O) groups excluding carboxylic acids is 1. The highest BCUT2D eigenvalue weighted by molar-refractivity contribution is 8.00. The summed E-state index contributed by atoms with van der Waals surface area (Å²) in [5, 5.41) is 4.25. The van der Waals surface area contributed by atoms with Gasteiger partial charge < -0.3 is 5.32 Å². The summed E-state index contributed by atoms with van der Waals surface area (Å²) in [6.07, 6.45) is 9.55. The number of thiophene rings is 1. The van der Waals surface area contributed by atoms with E-state index >= 15 is 0 Å². The van der Waals surface area contributed by atoms with Gasteiger partial charge in [-0.05, 0) is 44.2 Å². The van der Waals surface area contributed by atoms with E-state index in [0.717, 1.165) is 27.3 Å². The molecule has 3 aromatic rings. The zero-order valence-corrected chi connectivity index (χ0v) is 16.5. The largest absolute Gasteiger partial charge is 0.355 e. The summed E-state index contributed by atoms with van der Waals surface area (Å²) >= 11 is 2.84. The van der Waals surface area contributed by atoms with Crippen LogP contribution < -0.4 is 5.32 Å². The number of hydrogen-bond donors (Lipinski definition) is 1. The lowest BCUT2D eigenvalue weighted by Crippen LogP contribution is -2.26. The zero-order valence-electron chi connectivity index (χ0n) is 14.8. The molecule has 0 saturated carbocycles. The van der Waals surface area contributed by atoms with Crippen LogP contribution in [-0.2, 0) is 4.79 Å². The van der Waals surface area contributed by atoms with Crippen LogP contribution in [0.15, 0.2) is 41.2 Å². The van der Waals surface area contributed by atoms with Crippen molar-refractivity contribution in [3.8, 4) is 0 Å². The normalized spacial score (nSPS) is 14.5. The Morgan fingerprint density at radius 2 is 2.22 bits per heavy atom. The minimum Gasteiger partial charge on any atom is -0.355 e. The van der Waals surface area contributed by atoms with Crippen molar-refractivity contribution in [1.82, 2.24) is 15.3 Å². The van der Waals surface area contributed by atoms with Crippen molar-refractivity contribution in [3.63, 3.8) is 0 Å². The molecule has 140 valence electrons. The van der Waals surface area contributed by atoms with Crippen LogP contribution in [-0.4, -0.2) is 28.2 Å². The van der Waals surface area contributed by atoms with E-state index in [2.05, 4.69) is 21.4 Å². The minimum absolute atomic E-state index is 0.00420. The summed E-state index contributed by atoms with van der Waals surface area (Å²) < 4.78 is 15.8. The van der Waals surface area contributed by atoms with E-state index in [0.29, 0.717) is 23.2 Å². The molecule has 0 aliphatic heterocycles. The van der Waals surface area contributed by atoms with E-state index < -0.39 is 0 Å². The van der Waals surface area contributed by atoms with Crippen molar-refractivity contribution in [3.05, 3.63) is 42.0 Å². The van der Waals surface area contributed by atoms with Crippen molar-refractivity contribution < 1.29 is 9.18 Å². The topological polar surface area (TPSA) is 54.9 Å². The molecule has 0 fully saturated rings. The number of rotatable bonds is 6. The lowest BCUT2D eigenvalue weighted by Gasteiger charge is -2.12. The second-order valence-corrected chi connectivity index (χ2v) is 8.58. The number of benzene rings is 1. The summed E-state index contributed by atoms with van der Waals surface area (Å²) in [4.78, 5) is 20.7. The van der Waals surface area contributed by atoms with Crippen molar-refractivity contribution in [2.45, 2.75) is 37.1 Å². The van der Waals surface area contributed by atoms with E-state index in [1.54, 1.807) is 6.07 Å². The molecule has 4 rings (SSSR count). The van der Waals surface area contributed by atoms with E-state index in [1.807, 2.05) is 6.07 Å². The molecule has 0 saturated heterocycles. The molecule has 7 heteroatoms. The Morgan fingerprint density at radius 3 is 3.07 bits per heavy atom. The number of nitrogens with one attached hydrogen (secondary N) is 1. The van der Waals surface area contributed by atoms with Crippen molar-refractivity contribution >= 4 is 49.3 Å². The fraction of sp³-hybridized carbons (Fsp3) is 0.350. The monoisotopic (exact) mass is 401 g/mol. The summed E-state index contributed by atoms with van der Waals surface area (Å²) in [7, 11) is 0. The van der Waals surface area contributed by atoms with Gasteiger partial charge in [0.05, 0.1) is 21.4 Å². The number of hydrogen-bond acceptors (Lipinski definition) is 5. The first-order chi connectivity index (χ1) is 13.2. The van der Waals surface area contributed by atoms with Crippen molar-refractivity contribution in [2.24, 2.45) is 0 Å². The maximum atomic E-state index is 14.2. The average molecular weight is 402 g/mol. The average Bonchev–Trinajstić information content (AvgIpc) is 3.08. The minimum atomic E-state index is -0.275. The maximum absolute atomic E-state index is 14.2. The smallest absolute Gasteiger partial charge is 0.230 e. The molecule has 4 nitrogen and oxygen atoms in total. The fourth-order valence-electron chi connectivity index (χ4n) is 3.34. The number of halogens is 1. The van der Waals surface area contributed by atoms with Crippen LogP contribution in [0.25, 0.3) is 20.3 Å². The molecular weight excluding hydrogens is 381 g/mol. The maximum Gasteiger partial charge on any atom is 0.230 e. The molecule has 2 heterocycles. The van der Waals surface area contributed by atoms with Gasteiger partial charge in [-0.15, -0.1) is 11.3 Å². The van der Waals surface area contributed by atoms with Crippen molar-refractivity contribution in [1.29, 1.82) is 0 Å². The van der Waals surface area contributed by atoms with Gasteiger partial charge in [-0.1, -0.05) is 29.5 Å². The third kappa shape index (κ3) is 4.14. The Labute approximate surface area is 165 Å². The highest BCUT2D eigenvalue weighted by Crippen LogP contribution is 2.38. The van der Waals surface area contributed by atoms with Gasteiger partial charge in [-0.3, -0.25) is 4.79 Å². The first-order valence-electron chi connectivity index (χ1n) is 9.11. The predicted octanol–water partition coefficient (Wildman–Crippen LogP) is 5.08. The molecule has 1 N–H and O–H groups in total. The SMILES string of the molecule is O=C(CSc1ncnc2c1sc1cccc(F)c12)NCCC1=CCCCC1. The Hall–Kier alpha value is -1.99. The van der Waals surface area contributed by atoms with E-state index in [9.17, 15) is 9.18 Å². The van der Waals surface area contributed by atoms with Gasteiger partial charge in [0.25, 0.3) is 0 Å². The van der Waals surface area contributed by atoms with Crippen LogP contribution in [0.2, 0.25) is 0 Å². The van der Waals surface area contributed by atoms with Crippen molar-refractivity contribution in [2.75, 3.05) is 12.3 Å². The van der Waals surface area contributed by atoms with E-state index in [1.165, 1.54) is 60.3 Å². The number of allylic oxidation sites excluding steroid dienone is 1. The highest BCUT2D eigenvalue weighted by atomic mass is 32.2. The Morgan fingerprint density at radius 1 is 1.30 bits per heavy atom. The van der Waals surface area contributed by atoms with Gasteiger partial charge in [-0.2, -0.15) is 0 Å². The molecule has 1 aromatic carbocycles. The number of carbonyl (C=O) groups is 1. The zero-order chi connectivity index (χ0) is 18.6. The number of amides is 1. The third-order valence-electron chi connectivity index (χ3n) is 4.69. The molecule has 0 bridgehead atoms. The molecule has 1 amide bonds. The third-order valence-corrected chi connectivity index (χ3v) is 6.96. The Kier molecular flexibility index (Phi) is 5.69. The fourth-order valence-corrected chi connectivity index (χ4v) is 5.41. The van der Waals surface area contributed by atoms with Gasteiger partial charge in [0.2, 0.25) is 5.91 Å². The molecule has 0 radical (unpaired) electrons. The number of nitrogens with zero attached hydrogens (tertiary/aromatic N) is 2. The van der Waals surface area contributed by atoms with E-state index in [4.69, 9.17) is 0 Å². The molecule has 27 heavy (non-hydrogen) atoms. The lowest BCUT2D eigenvalue weighted by molar-refractivity contribution is -0.118. The first kappa shape index (κ1) is 18.4. The molecule has 2 aromatic heterocycles. The van der Waals surface area contributed by atoms with Crippen LogP contribution in [0.5, 0.6) is 0 Å². The summed E-state index contributed by atoms with van der Waals surface area (Å²) in [5.74, 6) is 0.0145. The van der Waals surface area contributed by atoms with Gasteiger partial charge >= 0.3 is 0 Å². The molecule has 1 aliphatic rings. The van der Waals surface area contributed by atoms with Crippen LogP contribution in [0.3, 0.4) is 0 Å². The summed E-state index contributed by atoms with van der Waals surface area (Å²) in [6, 6.07) is 5.02. The number of thioether (sulfide) groups is 1.